The minimum absolute atomic E-state index is 0.0590. The molecular formula is C24H28N4O2. The molecule has 0 spiro atoms. The molecule has 3 aromatic rings. The number of aryl methyl sites for hydroxylation is 1. The molecule has 1 N–H and O–H groups in total. The predicted octanol–water partition coefficient (Wildman–Crippen LogP) is 3.63. The molecule has 1 saturated heterocycles. The maximum absolute atomic E-state index is 13.0. The summed E-state index contributed by atoms with van der Waals surface area (Å²) >= 11 is 0. The lowest BCUT2D eigenvalue weighted by molar-refractivity contribution is -0.135. The van der Waals surface area contributed by atoms with Crippen molar-refractivity contribution in [2.24, 2.45) is 0 Å². The maximum Gasteiger partial charge on any atom is 0.251 e. The van der Waals surface area contributed by atoms with Crippen molar-refractivity contribution in [2.45, 2.75) is 44.7 Å². The number of hydrogen-bond donors (Lipinski definition) is 1. The van der Waals surface area contributed by atoms with Gasteiger partial charge in [-0.15, -0.1) is 0 Å². The smallest absolute Gasteiger partial charge is 0.251 e. The summed E-state index contributed by atoms with van der Waals surface area (Å²) < 4.78 is 2.05. The number of fused-ring (bicyclic) bond motifs is 1. The first-order valence-electron chi connectivity index (χ1n) is 10.7. The van der Waals surface area contributed by atoms with Gasteiger partial charge in [0, 0.05) is 37.7 Å². The molecule has 4 rings (SSSR count). The molecule has 2 heterocycles. The van der Waals surface area contributed by atoms with Gasteiger partial charge in [0.15, 0.2) is 0 Å². The molecule has 1 fully saturated rings. The fourth-order valence-corrected chi connectivity index (χ4v) is 4.22. The molecule has 6 heteroatoms. The number of para-hydroxylation sites is 2. The third kappa shape index (κ3) is 4.70. The SMILES string of the molecule is O=C(NCC[C@H]1CCCCN1C(=O)CCn1cnc2ccccc21)c1ccccc1. The Balaban J connectivity index is 1.30. The number of amides is 2. The summed E-state index contributed by atoms with van der Waals surface area (Å²) in [5.74, 6) is 0.128. The third-order valence-corrected chi connectivity index (χ3v) is 5.84. The zero-order chi connectivity index (χ0) is 20.8. The van der Waals surface area contributed by atoms with Crippen LogP contribution in [0.2, 0.25) is 0 Å². The minimum atomic E-state index is -0.0590. The molecule has 1 aliphatic heterocycles. The maximum atomic E-state index is 13.0. The summed E-state index contributed by atoms with van der Waals surface area (Å²) in [6.45, 7) is 2.02. The van der Waals surface area contributed by atoms with Gasteiger partial charge in [0.25, 0.3) is 5.91 Å². The van der Waals surface area contributed by atoms with Crippen molar-refractivity contribution in [1.82, 2.24) is 19.8 Å². The van der Waals surface area contributed by atoms with E-state index in [9.17, 15) is 9.59 Å². The van der Waals surface area contributed by atoms with Gasteiger partial charge >= 0.3 is 0 Å². The zero-order valence-corrected chi connectivity index (χ0v) is 17.2. The van der Waals surface area contributed by atoms with Crippen LogP contribution in [-0.4, -0.2) is 45.4 Å². The number of likely N-dealkylation sites (tertiary alicyclic amines) is 1. The molecule has 156 valence electrons. The van der Waals surface area contributed by atoms with E-state index >= 15 is 0 Å². The van der Waals surface area contributed by atoms with Gasteiger partial charge in [-0.2, -0.15) is 0 Å². The van der Waals surface area contributed by atoms with Gasteiger partial charge in [0.05, 0.1) is 17.4 Å². The van der Waals surface area contributed by atoms with E-state index in [2.05, 4.69) is 10.3 Å². The molecule has 1 aliphatic rings. The highest BCUT2D eigenvalue weighted by Crippen LogP contribution is 2.21. The van der Waals surface area contributed by atoms with E-state index in [1.807, 2.05) is 70.4 Å². The number of imidazole rings is 1. The van der Waals surface area contributed by atoms with E-state index in [4.69, 9.17) is 0 Å². The highest BCUT2D eigenvalue weighted by molar-refractivity contribution is 5.94. The summed E-state index contributed by atoms with van der Waals surface area (Å²) in [5, 5.41) is 2.99. The molecular weight excluding hydrogens is 376 g/mol. The Morgan fingerprint density at radius 2 is 1.83 bits per heavy atom. The fraction of sp³-hybridized carbons (Fsp3) is 0.375. The number of rotatable bonds is 7. The lowest BCUT2D eigenvalue weighted by Gasteiger charge is -2.36. The topological polar surface area (TPSA) is 67.2 Å². The summed E-state index contributed by atoms with van der Waals surface area (Å²) in [7, 11) is 0. The van der Waals surface area contributed by atoms with Gasteiger partial charge in [-0.3, -0.25) is 9.59 Å². The lowest BCUT2D eigenvalue weighted by atomic mass is 9.98. The number of aromatic nitrogens is 2. The molecule has 0 bridgehead atoms. The second kappa shape index (κ2) is 9.57. The van der Waals surface area contributed by atoms with Crippen molar-refractivity contribution in [1.29, 1.82) is 0 Å². The normalized spacial score (nSPS) is 16.5. The summed E-state index contributed by atoms with van der Waals surface area (Å²) in [4.78, 5) is 31.6. The van der Waals surface area contributed by atoms with E-state index < -0.39 is 0 Å². The number of hydrogen-bond acceptors (Lipinski definition) is 3. The second-order valence-electron chi connectivity index (χ2n) is 7.82. The molecule has 2 amide bonds. The van der Waals surface area contributed by atoms with Gasteiger partial charge in [-0.1, -0.05) is 30.3 Å². The first-order valence-corrected chi connectivity index (χ1v) is 10.7. The van der Waals surface area contributed by atoms with Crippen LogP contribution < -0.4 is 5.32 Å². The Labute approximate surface area is 176 Å². The van der Waals surface area contributed by atoms with E-state index in [1.54, 1.807) is 0 Å². The van der Waals surface area contributed by atoms with Gasteiger partial charge in [0.1, 0.15) is 0 Å². The van der Waals surface area contributed by atoms with Crippen molar-refractivity contribution in [3.05, 3.63) is 66.5 Å². The Morgan fingerprint density at radius 3 is 2.70 bits per heavy atom. The number of carbonyl (C=O) groups excluding carboxylic acids is 2. The fourth-order valence-electron chi connectivity index (χ4n) is 4.22. The van der Waals surface area contributed by atoms with Crippen molar-refractivity contribution in [2.75, 3.05) is 13.1 Å². The van der Waals surface area contributed by atoms with Gasteiger partial charge in [0.2, 0.25) is 5.91 Å². The number of benzene rings is 2. The summed E-state index contributed by atoms with van der Waals surface area (Å²) in [6, 6.07) is 17.4. The van der Waals surface area contributed by atoms with Crippen LogP contribution in [0.1, 0.15) is 42.5 Å². The van der Waals surface area contributed by atoms with E-state index in [-0.39, 0.29) is 17.9 Å². The standard InChI is InChI=1S/C24H28N4O2/c29-23(14-17-27-18-26-21-11-4-5-12-22(21)27)28-16-7-6-10-20(28)13-15-25-24(30)19-8-2-1-3-9-19/h1-5,8-9,11-12,18,20H,6-7,10,13-17H2,(H,25,30)/t20-/m1/s1. The molecule has 1 aromatic heterocycles. The number of nitrogens with zero attached hydrogens (tertiary/aromatic N) is 3. The summed E-state index contributed by atoms with van der Waals surface area (Å²) in [5.41, 5.74) is 2.68. The van der Waals surface area contributed by atoms with Crippen LogP contribution in [0.3, 0.4) is 0 Å². The average molecular weight is 405 g/mol. The Morgan fingerprint density at radius 1 is 1.03 bits per heavy atom. The number of carbonyl (C=O) groups is 2. The Hall–Kier alpha value is -3.15. The Kier molecular flexibility index (Phi) is 6.42. The quantitative estimate of drug-likeness (QED) is 0.654. The van der Waals surface area contributed by atoms with Crippen LogP contribution in [0.5, 0.6) is 0 Å². The molecule has 1 atom stereocenters. The monoisotopic (exact) mass is 404 g/mol. The molecule has 30 heavy (non-hydrogen) atoms. The van der Waals surface area contributed by atoms with Gasteiger partial charge in [-0.05, 0) is 49.9 Å². The zero-order valence-electron chi connectivity index (χ0n) is 17.2. The van der Waals surface area contributed by atoms with Crippen molar-refractivity contribution in [3.63, 3.8) is 0 Å². The van der Waals surface area contributed by atoms with Crippen LogP contribution >= 0.6 is 0 Å². The van der Waals surface area contributed by atoms with Gasteiger partial charge < -0.3 is 14.8 Å². The first-order chi connectivity index (χ1) is 14.7. The minimum Gasteiger partial charge on any atom is -0.352 e. The Bertz CT molecular complexity index is 999. The van der Waals surface area contributed by atoms with E-state index in [0.717, 1.165) is 43.3 Å². The summed E-state index contributed by atoms with van der Waals surface area (Å²) in [6.07, 6.45) is 6.25. The van der Waals surface area contributed by atoms with Gasteiger partial charge in [-0.25, -0.2) is 4.98 Å². The largest absolute Gasteiger partial charge is 0.352 e. The van der Waals surface area contributed by atoms with Crippen molar-refractivity contribution in [3.8, 4) is 0 Å². The highest BCUT2D eigenvalue weighted by Gasteiger charge is 2.26. The first kappa shape index (κ1) is 20.1. The van der Waals surface area contributed by atoms with Crippen LogP contribution in [0.25, 0.3) is 11.0 Å². The molecule has 0 unspecified atom stereocenters. The van der Waals surface area contributed by atoms with Crippen LogP contribution in [0, 0.1) is 0 Å². The molecule has 0 radical (unpaired) electrons. The third-order valence-electron chi connectivity index (χ3n) is 5.84. The highest BCUT2D eigenvalue weighted by atomic mass is 16.2. The van der Waals surface area contributed by atoms with Crippen molar-refractivity contribution < 1.29 is 9.59 Å². The molecule has 0 saturated carbocycles. The second-order valence-corrected chi connectivity index (χ2v) is 7.82. The number of nitrogens with one attached hydrogen (secondary N) is 1. The van der Waals surface area contributed by atoms with Crippen LogP contribution in [0.15, 0.2) is 60.9 Å². The van der Waals surface area contributed by atoms with Crippen LogP contribution in [0.4, 0.5) is 0 Å². The molecule has 6 nitrogen and oxygen atoms in total. The van der Waals surface area contributed by atoms with E-state index in [0.29, 0.717) is 25.1 Å². The van der Waals surface area contributed by atoms with Crippen LogP contribution in [-0.2, 0) is 11.3 Å². The molecule has 0 aliphatic carbocycles. The average Bonchev–Trinajstić information content (AvgIpc) is 3.21. The van der Waals surface area contributed by atoms with Crippen molar-refractivity contribution >= 4 is 22.8 Å². The number of piperidine rings is 1. The van der Waals surface area contributed by atoms with E-state index in [1.165, 1.54) is 0 Å². The lowest BCUT2D eigenvalue weighted by Crippen LogP contribution is -2.45. The predicted molar refractivity (Wildman–Crippen MR) is 117 cm³/mol. The molecule has 2 aromatic carbocycles.